The van der Waals surface area contributed by atoms with Crippen molar-refractivity contribution in [1.29, 1.82) is 0 Å². The number of rotatable bonds is 5. The fourth-order valence-corrected chi connectivity index (χ4v) is 4.69. The van der Waals surface area contributed by atoms with Gasteiger partial charge >= 0.3 is 0 Å². The number of hydrogen-bond acceptors (Lipinski definition) is 6. The first-order valence-electron chi connectivity index (χ1n) is 11.5. The Morgan fingerprint density at radius 2 is 1.76 bits per heavy atom. The molecule has 6 rings (SSSR count). The van der Waals surface area contributed by atoms with Gasteiger partial charge in [0.2, 0.25) is 0 Å². The van der Waals surface area contributed by atoms with E-state index >= 15 is 0 Å². The van der Waals surface area contributed by atoms with E-state index in [1.54, 1.807) is 6.33 Å². The third kappa shape index (κ3) is 3.68. The van der Waals surface area contributed by atoms with Crippen molar-refractivity contribution in [3.63, 3.8) is 0 Å². The Kier molecular flexibility index (Phi) is 5.20. The van der Waals surface area contributed by atoms with Gasteiger partial charge in [-0.25, -0.2) is 9.97 Å². The molecule has 1 fully saturated rings. The van der Waals surface area contributed by atoms with E-state index in [9.17, 15) is 4.79 Å². The van der Waals surface area contributed by atoms with Gasteiger partial charge in [-0.1, -0.05) is 24.3 Å². The van der Waals surface area contributed by atoms with Crippen LogP contribution in [0.5, 0.6) is 0 Å². The molecule has 1 amide bonds. The molecule has 0 aliphatic carbocycles. The van der Waals surface area contributed by atoms with Crippen molar-refractivity contribution in [2.45, 2.75) is 6.54 Å². The number of amides is 1. The van der Waals surface area contributed by atoms with Gasteiger partial charge in [-0.2, -0.15) is 0 Å². The summed E-state index contributed by atoms with van der Waals surface area (Å²) in [6.07, 6.45) is 5.53. The van der Waals surface area contributed by atoms with Crippen LogP contribution < -0.4 is 20.9 Å². The minimum Gasteiger partial charge on any atom is -0.368 e. The maximum absolute atomic E-state index is 12.8. The molecule has 4 heterocycles. The van der Waals surface area contributed by atoms with E-state index in [1.807, 2.05) is 65.5 Å². The minimum absolute atomic E-state index is 0.0810. The Balaban J connectivity index is 1.32. The first kappa shape index (κ1) is 20.4. The largest absolute Gasteiger partial charge is 0.368 e. The molecular formula is C26H25N7O. The van der Waals surface area contributed by atoms with Crippen molar-refractivity contribution in [1.82, 2.24) is 25.2 Å². The summed E-state index contributed by atoms with van der Waals surface area (Å²) in [5, 5.41) is 9.71. The quantitative estimate of drug-likeness (QED) is 0.432. The first-order valence-corrected chi connectivity index (χ1v) is 11.5. The smallest absolute Gasteiger partial charge is 0.254 e. The van der Waals surface area contributed by atoms with Crippen molar-refractivity contribution in [3.8, 4) is 16.9 Å². The summed E-state index contributed by atoms with van der Waals surface area (Å²) in [5.74, 6) is 0.630. The highest BCUT2D eigenvalue weighted by atomic mass is 16.1. The molecule has 8 nitrogen and oxygen atoms in total. The van der Waals surface area contributed by atoms with Crippen LogP contribution in [-0.2, 0) is 6.54 Å². The second kappa shape index (κ2) is 8.64. The Hall–Kier alpha value is -4.17. The van der Waals surface area contributed by atoms with Crippen molar-refractivity contribution in [3.05, 3.63) is 84.4 Å². The first-order chi connectivity index (χ1) is 16.8. The van der Waals surface area contributed by atoms with Crippen LogP contribution in [0.15, 0.2) is 73.3 Å². The number of aromatic nitrogens is 3. The number of carbonyl (C=O) groups excluding carboxylic acids is 1. The number of piperazine rings is 1. The lowest BCUT2D eigenvalue weighted by molar-refractivity contribution is 0.0966. The molecular weight excluding hydrogens is 426 g/mol. The van der Waals surface area contributed by atoms with Gasteiger partial charge in [0, 0.05) is 44.0 Å². The average molecular weight is 452 g/mol. The molecule has 0 radical (unpaired) electrons. The van der Waals surface area contributed by atoms with Crippen molar-refractivity contribution in [2.24, 2.45) is 0 Å². The molecule has 0 bridgehead atoms. The molecule has 1 saturated heterocycles. The van der Waals surface area contributed by atoms with Gasteiger partial charge in [0.1, 0.15) is 5.82 Å². The number of nitrogens with zero attached hydrogens (tertiary/aromatic N) is 4. The molecule has 2 aliphatic heterocycles. The van der Waals surface area contributed by atoms with Crippen molar-refractivity contribution in [2.75, 3.05) is 36.4 Å². The summed E-state index contributed by atoms with van der Waals surface area (Å²) >= 11 is 0. The Morgan fingerprint density at radius 1 is 0.912 bits per heavy atom. The van der Waals surface area contributed by atoms with Gasteiger partial charge in [-0.3, -0.25) is 9.36 Å². The molecule has 3 N–H and O–H groups in total. The number of imidazole rings is 1. The molecule has 34 heavy (non-hydrogen) atoms. The van der Waals surface area contributed by atoms with Gasteiger partial charge in [0.25, 0.3) is 5.91 Å². The Bertz CT molecular complexity index is 1330. The zero-order valence-corrected chi connectivity index (χ0v) is 18.7. The maximum Gasteiger partial charge on any atom is 0.254 e. The number of pyridine rings is 1. The number of para-hydroxylation sites is 1. The van der Waals surface area contributed by atoms with E-state index in [-0.39, 0.29) is 5.91 Å². The average Bonchev–Trinajstić information content (AvgIpc) is 3.54. The second-order valence-corrected chi connectivity index (χ2v) is 8.45. The van der Waals surface area contributed by atoms with Gasteiger partial charge < -0.3 is 20.9 Å². The lowest BCUT2D eigenvalue weighted by Crippen LogP contribution is -2.43. The van der Waals surface area contributed by atoms with Gasteiger partial charge in [0.05, 0.1) is 41.4 Å². The van der Waals surface area contributed by atoms with E-state index in [4.69, 9.17) is 0 Å². The number of fused-ring (bicyclic) bond motifs is 1. The Morgan fingerprint density at radius 3 is 2.56 bits per heavy atom. The number of nitrogens with one attached hydrogen (secondary N) is 3. The topological polar surface area (TPSA) is 87.1 Å². The predicted octanol–water partition coefficient (Wildman–Crippen LogP) is 3.33. The van der Waals surface area contributed by atoms with E-state index in [0.717, 1.165) is 60.1 Å². The molecule has 170 valence electrons. The third-order valence-corrected chi connectivity index (χ3v) is 6.41. The lowest BCUT2D eigenvalue weighted by atomic mass is 9.99. The third-order valence-electron chi connectivity index (χ3n) is 6.41. The molecule has 2 aromatic heterocycles. The van der Waals surface area contributed by atoms with Crippen LogP contribution in [0.1, 0.15) is 15.9 Å². The van der Waals surface area contributed by atoms with Crippen LogP contribution in [0.3, 0.4) is 0 Å². The minimum atomic E-state index is -0.0810. The Labute approximate surface area is 197 Å². The predicted molar refractivity (Wildman–Crippen MR) is 133 cm³/mol. The van der Waals surface area contributed by atoms with E-state index in [1.165, 1.54) is 0 Å². The van der Waals surface area contributed by atoms with E-state index in [2.05, 4.69) is 36.9 Å². The number of carbonyl (C=O) groups is 1. The fraction of sp³-hybridized carbons (Fsp3) is 0.192. The highest BCUT2D eigenvalue weighted by Gasteiger charge is 2.27. The summed E-state index contributed by atoms with van der Waals surface area (Å²) in [5.41, 5.74) is 6.45. The van der Waals surface area contributed by atoms with Gasteiger partial charge in [-0.15, -0.1) is 0 Å². The standard InChI is InChI=1S/C26H25N7O/c34-26-25-21(15-30-26)20(23-16-28-17-33(23)18-4-2-1-3-5-18)7-8-22(25)31-24-9-6-19(14-29-24)32-12-10-27-11-13-32/h1-9,14,16-17,27H,10-13,15H2,(H,29,31)(H,30,34). The highest BCUT2D eigenvalue weighted by molar-refractivity contribution is 6.06. The lowest BCUT2D eigenvalue weighted by Gasteiger charge is -2.29. The second-order valence-electron chi connectivity index (χ2n) is 8.45. The van der Waals surface area contributed by atoms with Crippen molar-refractivity contribution < 1.29 is 4.79 Å². The molecule has 2 aliphatic rings. The summed E-state index contributed by atoms with van der Waals surface area (Å²) in [6, 6.07) is 18.1. The van der Waals surface area contributed by atoms with Gasteiger partial charge in [0.15, 0.2) is 0 Å². The summed E-state index contributed by atoms with van der Waals surface area (Å²) < 4.78 is 2.04. The normalized spacial score (nSPS) is 15.2. The molecule has 0 spiro atoms. The van der Waals surface area contributed by atoms with E-state index in [0.29, 0.717) is 17.9 Å². The molecule has 4 aromatic rings. The molecule has 0 atom stereocenters. The zero-order valence-electron chi connectivity index (χ0n) is 18.7. The monoisotopic (exact) mass is 451 g/mol. The van der Waals surface area contributed by atoms with Crippen molar-refractivity contribution >= 4 is 23.1 Å². The van der Waals surface area contributed by atoms with Crippen LogP contribution in [0.25, 0.3) is 16.9 Å². The highest BCUT2D eigenvalue weighted by Crippen LogP contribution is 2.35. The van der Waals surface area contributed by atoms with Crippen LogP contribution >= 0.6 is 0 Å². The van der Waals surface area contributed by atoms with Crippen LogP contribution in [-0.4, -0.2) is 46.6 Å². The zero-order chi connectivity index (χ0) is 22.9. The van der Waals surface area contributed by atoms with Crippen LogP contribution in [0.2, 0.25) is 0 Å². The summed E-state index contributed by atoms with van der Waals surface area (Å²) in [6.45, 7) is 4.40. The fourth-order valence-electron chi connectivity index (χ4n) is 4.69. The number of anilines is 3. The van der Waals surface area contributed by atoms with Crippen LogP contribution in [0, 0.1) is 0 Å². The summed E-state index contributed by atoms with van der Waals surface area (Å²) in [4.78, 5) is 24.1. The van der Waals surface area contributed by atoms with Gasteiger partial charge in [-0.05, 0) is 35.9 Å². The van der Waals surface area contributed by atoms with E-state index < -0.39 is 0 Å². The molecule has 0 unspecified atom stereocenters. The number of hydrogen-bond donors (Lipinski definition) is 3. The molecule has 8 heteroatoms. The number of benzene rings is 2. The molecule has 2 aromatic carbocycles. The van der Waals surface area contributed by atoms with Crippen LogP contribution in [0.4, 0.5) is 17.2 Å². The summed E-state index contributed by atoms with van der Waals surface area (Å²) in [7, 11) is 0. The SMILES string of the molecule is O=C1NCc2c(-c3cncn3-c3ccccc3)ccc(Nc3ccc(N4CCNCC4)cn3)c21. The maximum atomic E-state index is 12.8. The molecule has 0 saturated carbocycles.